The summed E-state index contributed by atoms with van der Waals surface area (Å²) in [6.45, 7) is 12.2. The van der Waals surface area contributed by atoms with Gasteiger partial charge in [-0.2, -0.15) is 0 Å². The Morgan fingerprint density at radius 1 is 1.26 bits per heavy atom. The number of hydrogen-bond donors (Lipinski definition) is 1. The largest absolute Gasteiger partial charge is 0.497 e. The molecule has 23 heavy (non-hydrogen) atoms. The number of rotatable bonds is 7. The first-order valence-corrected chi connectivity index (χ1v) is 7.96. The molecule has 0 aliphatic carbocycles. The van der Waals surface area contributed by atoms with E-state index < -0.39 is 0 Å². The molecule has 1 aromatic carbocycles. The zero-order valence-corrected chi connectivity index (χ0v) is 14.6. The van der Waals surface area contributed by atoms with Crippen LogP contribution in [0.2, 0.25) is 0 Å². The van der Waals surface area contributed by atoms with Crippen LogP contribution in [0.1, 0.15) is 32.2 Å². The van der Waals surface area contributed by atoms with Crippen LogP contribution in [0, 0.1) is 5.41 Å². The number of benzene rings is 1. The summed E-state index contributed by atoms with van der Waals surface area (Å²) in [5.74, 6) is 1.96. The van der Waals surface area contributed by atoms with Crippen LogP contribution in [-0.2, 0) is 13.0 Å². The van der Waals surface area contributed by atoms with Gasteiger partial charge in [-0.05, 0) is 17.7 Å². The van der Waals surface area contributed by atoms with Crippen molar-refractivity contribution in [3.8, 4) is 5.75 Å². The third kappa shape index (κ3) is 4.88. The highest BCUT2D eigenvalue weighted by Gasteiger charge is 2.14. The van der Waals surface area contributed by atoms with E-state index in [0.29, 0.717) is 0 Å². The third-order valence-corrected chi connectivity index (χ3v) is 3.91. The van der Waals surface area contributed by atoms with Gasteiger partial charge in [0.1, 0.15) is 11.6 Å². The number of nitrogens with zero attached hydrogens (tertiary/aromatic N) is 2. The van der Waals surface area contributed by atoms with E-state index in [1.165, 1.54) is 5.56 Å². The second-order valence-corrected chi connectivity index (χ2v) is 6.72. The Bertz CT molecular complexity index is 635. The summed E-state index contributed by atoms with van der Waals surface area (Å²) in [6.07, 6.45) is 4.76. The molecule has 4 heteroatoms. The van der Waals surface area contributed by atoms with Crippen LogP contribution in [0.3, 0.4) is 0 Å². The Kier molecular flexibility index (Phi) is 5.48. The van der Waals surface area contributed by atoms with E-state index in [2.05, 4.69) is 54.4 Å². The lowest BCUT2D eigenvalue weighted by molar-refractivity contribution is 0.414. The fourth-order valence-corrected chi connectivity index (χ4v) is 2.23. The average Bonchev–Trinajstić information content (AvgIpc) is 2.94. The molecule has 2 rings (SSSR count). The minimum absolute atomic E-state index is 0.0819. The predicted octanol–water partition coefficient (Wildman–Crippen LogP) is 3.63. The maximum Gasteiger partial charge on any atom is 0.118 e. The van der Waals surface area contributed by atoms with E-state index in [0.717, 1.165) is 36.8 Å². The van der Waals surface area contributed by atoms with Crippen molar-refractivity contribution in [2.24, 2.45) is 5.41 Å². The number of imidazole rings is 1. The fraction of sp³-hybridized carbons (Fsp3) is 0.421. The van der Waals surface area contributed by atoms with Gasteiger partial charge in [0, 0.05) is 43.0 Å². The lowest BCUT2D eigenvalue weighted by atomic mass is 9.93. The first-order valence-electron chi connectivity index (χ1n) is 7.96. The van der Waals surface area contributed by atoms with E-state index in [4.69, 9.17) is 4.74 Å². The molecule has 1 heterocycles. The fourth-order valence-electron chi connectivity index (χ4n) is 2.23. The lowest BCUT2D eigenvalue weighted by Crippen LogP contribution is -2.26. The number of nitrogens with one attached hydrogen (secondary N) is 1. The van der Waals surface area contributed by atoms with Crippen molar-refractivity contribution in [1.29, 1.82) is 0 Å². The summed E-state index contributed by atoms with van der Waals surface area (Å²) in [5, 5.41) is 3.40. The van der Waals surface area contributed by atoms with Gasteiger partial charge in [0.15, 0.2) is 0 Å². The third-order valence-electron chi connectivity index (χ3n) is 3.91. The summed E-state index contributed by atoms with van der Waals surface area (Å²) < 4.78 is 7.38. The number of ether oxygens (including phenoxy) is 1. The van der Waals surface area contributed by atoms with Gasteiger partial charge in [-0.1, -0.05) is 39.5 Å². The Morgan fingerprint density at radius 3 is 2.57 bits per heavy atom. The summed E-state index contributed by atoms with van der Waals surface area (Å²) >= 11 is 0. The monoisotopic (exact) mass is 313 g/mol. The summed E-state index contributed by atoms with van der Waals surface area (Å²) in [7, 11) is 1.68. The topological polar surface area (TPSA) is 39.1 Å². The maximum atomic E-state index is 5.20. The minimum Gasteiger partial charge on any atom is -0.497 e. The Balaban J connectivity index is 1.92. The van der Waals surface area contributed by atoms with Crippen LogP contribution in [0.4, 0.5) is 0 Å². The molecular weight excluding hydrogens is 286 g/mol. The molecule has 0 radical (unpaired) electrons. The summed E-state index contributed by atoms with van der Waals surface area (Å²) in [6, 6.07) is 8.15. The molecule has 0 amide bonds. The lowest BCUT2D eigenvalue weighted by Gasteiger charge is -2.23. The molecule has 124 valence electrons. The van der Waals surface area contributed by atoms with E-state index in [1.807, 2.05) is 24.5 Å². The van der Waals surface area contributed by atoms with Crippen molar-refractivity contribution >= 4 is 0 Å². The molecule has 4 nitrogen and oxygen atoms in total. The van der Waals surface area contributed by atoms with Gasteiger partial charge < -0.3 is 14.6 Å². The normalized spacial score (nSPS) is 11.3. The molecule has 0 aliphatic heterocycles. The molecule has 0 spiro atoms. The van der Waals surface area contributed by atoms with Crippen LogP contribution in [-0.4, -0.2) is 23.2 Å². The van der Waals surface area contributed by atoms with Crippen molar-refractivity contribution in [2.45, 2.75) is 33.7 Å². The van der Waals surface area contributed by atoms with Gasteiger partial charge >= 0.3 is 0 Å². The van der Waals surface area contributed by atoms with E-state index in [9.17, 15) is 0 Å². The smallest absolute Gasteiger partial charge is 0.118 e. The standard InChI is InChI=1S/C19H27N3O/c1-15(19(2,3)4)20-11-10-18-21-12-13-22(18)14-16-6-8-17(23-5)9-7-16/h6-9,12-13,20H,1,10-11,14H2,2-5H3. The molecule has 2 aromatic rings. The van der Waals surface area contributed by atoms with Crippen molar-refractivity contribution in [3.05, 3.63) is 60.3 Å². The van der Waals surface area contributed by atoms with Crippen molar-refractivity contribution in [2.75, 3.05) is 13.7 Å². The predicted molar refractivity (Wildman–Crippen MR) is 94.6 cm³/mol. The molecule has 0 atom stereocenters. The highest BCUT2D eigenvalue weighted by atomic mass is 16.5. The summed E-state index contributed by atoms with van der Waals surface area (Å²) in [4.78, 5) is 4.47. The van der Waals surface area contributed by atoms with Gasteiger partial charge in [0.25, 0.3) is 0 Å². The number of hydrogen-bond acceptors (Lipinski definition) is 3. The molecule has 0 unspecified atom stereocenters. The highest BCUT2D eigenvalue weighted by Crippen LogP contribution is 2.20. The molecule has 0 saturated carbocycles. The van der Waals surface area contributed by atoms with Gasteiger partial charge in [-0.3, -0.25) is 0 Å². The van der Waals surface area contributed by atoms with Gasteiger partial charge in [0.05, 0.1) is 7.11 Å². The molecule has 0 aliphatic rings. The zero-order valence-electron chi connectivity index (χ0n) is 14.6. The molecule has 1 N–H and O–H groups in total. The van der Waals surface area contributed by atoms with E-state index >= 15 is 0 Å². The van der Waals surface area contributed by atoms with Crippen LogP contribution in [0.15, 0.2) is 48.9 Å². The first-order chi connectivity index (χ1) is 10.9. The maximum absolute atomic E-state index is 5.20. The SMILES string of the molecule is C=C(NCCc1nccn1Cc1ccc(OC)cc1)C(C)(C)C. The number of aromatic nitrogens is 2. The molecule has 0 saturated heterocycles. The van der Waals surface area contributed by atoms with Gasteiger partial charge in [-0.25, -0.2) is 4.98 Å². The molecule has 0 fully saturated rings. The number of allylic oxidation sites excluding steroid dienone is 1. The second kappa shape index (κ2) is 7.36. The van der Waals surface area contributed by atoms with Crippen molar-refractivity contribution < 1.29 is 4.74 Å². The quantitative estimate of drug-likeness (QED) is 0.848. The summed E-state index contributed by atoms with van der Waals surface area (Å²) in [5.41, 5.74) is 2.38. The highest BCUT2D eigenvalue weighted by molar-refractivity contribution is 5.27. The van der Waals surface area contributed by atoms with Crippen LogP contribution in [0.5, 0.6) is 5.75 Å². The molecular formula is C19H27N3O. The Hall–Kier alpha value is -2.23. The molecule has 1 aromatic heterocycles. The van der Waals surface area contributed by atoms with E-state index in [-0.39, 0.29) is 5.41 Å². The Morgan fingerprint density at radius 2 is 1.96 bits per heavy atom. The zero-order chi connectivity index (χ0) is 16.9. The van der Waals surface area contributed by atoms with Crippen molar-refractivity contribution in [3.63, 3.8) is 0 Å². The average molecular weight is 313 g/mol. The van der Waals surface area contributed by atoms with Gasteiger partial charge in [-0.15, -0.1) is 0 Å². The van der Waals surface area contributed by atoms with E-state index in [1.54, 1.807) is 7.11 Å². The Labute approximate surface area is 139 Å². The number of methoxy groups -OCH3 is 1. The van der Waals surface area contributed by atoms with Crippen molar-refractivity contribution in [1.82, 2.24) is 14.9 Å². The second-order valence-electron chi connectivity index (χ2n) is 6.72. The minimum atomic E-state index is 0.0819. The van der Waals surface area contributed by atoms with Crippen LogP contribution < -0.4 is 10.1 Å². The van der Waals surface area contributed by atoms with Crippen LogP contribution in [0.25, 0.3) is 0 Å². The first kappa shape index (κ1) is 17.1. The van der Waals surface area contributed by atoms with Crippen LogP contribution >= 0.6 is 0 Å². The van der Waals surface area contributed by atoms with Gasteiger partial charge in [0.2, 0.25) is 0 Å². The molecule has 0 bridgehead atoms.